The van der Waals surface area contributed by atoms with Crippen LogP contribution in [-0.2, 0) is 16.0 Å². The molecule has 0 aliphatic rings. The second-order valence-electron chi connectivity index (χ2n) is 6.77. The van der Waals surface area contributed by atoms with Gasteiger partial charge in [-0.25, -0.2) is 0 Å². The van der Waals surface area contributed by atoms with Crippen molar-refractivity contribution >= 4 is 0 Å². The van der Waals surface area contributed by atoms with Crippen LogP contribution >= 0.6 is 0 Å². The molecule has 21 heavy (non-hydrogen) atoms. The maximum absolute atomic E-state index is 5.72. The Balaban J connectivity index is 2.07. The molecule has 0 saturated heterocycles. The third-order valence-corrected chi connectivity index (χ3v) is 3.09. The highest BCUT2D eigenvalue weighted by molar-refractivity contribution is 5.14. The number of ether oxygens (including phenoxy) is 2. The standard InChI is InChI=1S/C18H31NO2/c1-16(2)13-20-10-11-21-15-18(3,4)14-19-12-17-8-6-5-7-9-17/h5-9,16,19H,10-15H2,1-4H3. The topological polar surface area (TPSA) is 30.5 Å². The summed E-state index contributed by atoms with van der Waals surface area (Å²) in [5, 5.41) is 3.50. The van der Waals surface area contributed by atoms with E-state index in [0.717, 1.165) is 26.3 Å². The van der Waals surface area contributed by atoms with Crippen LogP contribution in [-0.4, -0.2) is 33.0 Å². The molecule has 0 heterocycles. The molecule has 0 saturated carbocycles. The molecule has 1 aromatic rings. The van der Waals surface area contributed by atoms with Gasteiger partial charge in [0.15, 0.2) is 0 Å². The lowest BCUT2D eigenvalue weighted by atomic mass is 9.95. The predicted molar refractivity (Wildman–Crippen MR) is 88.4 cm³/mol. The van der Waals surface area contributed by atoms with Crippen molar-refractivity contribution < 1.29 is 9.47 Å². The van der Waals surface area contributed by atoms with Crippen LogP contribution in [0.2, 0.25) is 0 Å². The van der Waals surface area contributed by atoms with E-state index in [1.165, 1.54) is 5.56 Å². The fourth-order valence-corrected chi connectivity index (χ4v) is 1.98. The van der Waals surface area contributed by atoms with E-state index in [-0.39, 0.29) is 5.41 Å². The quantitative estimate of drug-likeness (QED) is 0.634. The van der Waals surface area contributed by atoms with Gasteiger partial charge in [0.05, 0.1) is 19.8 Å². The Kier molecular flexibility index (Phi) is 8.58. The van der Waals surface area contributed by atoms with Gasteiger partial charge in [-0.2, -0.15) is 0 Å². The molecule has 0 radical (unpaired) electrons. The normalized spacial score (nSPS) is 12.0. The van der Waals surface area contributed by atoms with E-state index in [1.807, 2.05) is 6.07 Å². The number of hydrogen-bond donors (Lipinski definition) is 1. The molecule has 0 amide bonds. The molecular weight excluding hydrogens is 262 g/mol. The zero-order valence-corrected chi connectivity index (χ0v) is 14.0. The molecule has 120 valence electrons. The van der Waals surface area contributed by atoms with Crippen molar-refractivity contribution in [1.29, 1.82) is 0 Å². The summed E-state index contributed by atoms with van der Waals surface area (Å²) in [7, 11) is 0. The van der Waals surface area contributed by atoms with Gasteiger partial charge in [-0.1, -0.05) is 58.0 Å². The smallest absolute Gasteiger partial charge is 0.0700 e. The highest BCUT2D eigenvalue weighted by Gasteiger charge is 2.17. The Bertz CT molecular complexity index is 363. The first-order chi connectivity index (χ1) is 9.99. The Labute approximate surface area is 130 Å². The van der Waals surface area contributed by atoms with Crippen molar-refractivity contribution in [3.05, 3.63) is 35.9 Å². The first kappa shape index (κ1) is 18.1. The van der Waals surface area contributed by atoms with Gasteiger partial charge < -0.3 is 14.8 Å². The molecule has 0 aromatic heterocycles. The number of rotatable bonds is 11. The minimum absolute atomic E-state index is 0.132. The Hall–Kier alpha value is -0.900. The van der Waals surface area contributed by atoms with Crippen LogP contribution in [0.15, 0.2) is 30.3 Å². The van der Waals surface area contributed by atoms with Crippen LogP contribution in [0, 0.1) is 11.3 Å². The molecule has 0 fully saturated rings. The van der Waals surface area contributed by atoms with Gasteiger partial charge in [-0.3, -0.25) is 0 Å². The van der Waals surface area contributed by atoms with Crippen molar-refractivity contribution in [3.8, 4) is 0 Å². The molecule has 0 unspecified atom stereocenters. The maximum atomic E-state index is 5.72. The number of nitrogens with one attached hydrogen (secondary N) is 1. The van der Waals surface area contributed by atoms with E-state index in [9.17, 15) is 0 Å². The molecule has 1 N–H and O–H groups in total. The van der Waals surface area contributed by atoms with Gasteiger partial charge in [-0.05, 0) is 11.5 Å². The molecule has 0 spiro atoms. The van der Waals surface area contributed by atoms with Gasteiger partial charge in [0.25, 0.3) is 0 Å². The Morgan fingerprint density at radius 2 is 1.71 bits per heavy atom. The summed E-state index contributed by atoms with van der Waals surface area (Å²) in [6, 6.07) is 10.5. The first-order valence-corrected chi connectivity index (χ1v) is 7.90. The zero-order chi connectivity index (χ0) is 15.6. The van der Waals surface area contributed by atoms with Crippen LogP contribution in [0.1, 0.15) is 33.3 Å². The molecule has 3 nitrogen and oxygen atoms in total. The summed E-state index contributed by atoms with van der Waals surface area (Å²) in [5.41, 5.74) is 1.45. The molecule has 1 rings (SSSR count). The minimum Gasteiger partial charge on any atom is -0.379 e. The summed E-state index contributed by atoms with van der Waals surface area (Å²) in [4.78, 5) is 0. The molecule has 0 aliphatic carbocycles. The fraction of sp³-hybridized carbons (Fsp3) is 0.667. The average Bonchev–Trinajstić information content (AvgIpc) is 2.43. The summed E-state index contributed by atoms with van der Waals surface area (Å²) in [6.45, 7) is 13.5. The third kappa shape index (κ3) is 9.62. The van der Waals surface area contributed by atoms with E-state index in [1.54, 1.807) is 0 Å². The second-order valence-corrected chi connectivity index (χ2v) is 6.77. The van der Waals surface area contributed by atoms with Crippen LogP contribution in [0.4, 0.5) is 0 Å². The van der Waals surface area contributed by atoms with Crippen LogP contribution in [0.5, 0.6) is 0 Å². The lowest BCUT2D eigenvalue weighted by Crippen LogP contribution is -2.33. The average molecular weight is 293 g/mol. The predicted octanol–water partition coefficient (Wildman–Crippen LogP) is 3.49. The van der Waals surface area contributed by atoms with Gasteiger partial charge in [-0.15, -0.1) is 0 Å². The van der Waals surface area contributed by atoms with Crippen LogP contribution < -0.4 is 5.32 Å². The number of hydrogen-bond acceptors (Lipinski definition) is 3. The third-order valence-electron chi connectivity index (χ3n) is 3.09. The molecular formula is C18H31NO2. The van der Waals surface area contributed by atoms with Gasteiger partial charge in [0, 0.05) is 25.1 Å². The molecule has 3 heteroatoms. The van der Waals surface area contributed by atoms with Gasteiger partial charge in [0.2, 0.25) is 0 Å². The van der Waals surface area contributed by atoms with Gasteiger partial charge in [0.1, 0.15) is 0 Å². The molecule has 0 aliphatic heterocycles. The summed E-state index contributed by atoms with van der Waals surface area (Å²) >= 11 is 0. The number of benzene rings is 1. The summed E-state index contributed by atoms with van der Waals surface area (Å²) in [5.74, 6) is 0.587. The minimum atomic E-state index is 0.132. The van der Waals surface area contributed by atoms with Gasteiger partial charge >= 0.3 is 0 Å². The van der Waals surface area contributed by atoms with Crippen LogP contribution in [0.3, 0.4) is 0 Å². The zero-order valence-electron chi connectivity index (χ0n) is 14.0. The maximum Gasteiger partial charge on any atom is 0.0700 e. The molecule has 0 bridgehead atoms. The Morgan fingerprint density at radius 1 is 1.05 bits per heavy atom. The highest BCUT2D eigenvalue weighted by atomic mass is 16.5. The van der Waals surface area contributed by atoms with Crippen molar-refractivity contribution in [2.45, 2.75) is 34.2 Å². The van der Waals surface area contributed by atoms with Crippen molar-refractivity contribution in [2.24, 2.45) is 11.3 Å². The van der Waals surface area contributed by atoms with Crippen molar-refractivity contribution in [3.63, 3.8) is 0 Å². The summed E-state index contributed by atoms with van der Waals surface area (Å²) in [6.07, 6.45) is 0. The molecule has 0 atom stereocenters. The fourth-order valence-electron chi connectivity index (χ4n) is 1.98. The van der Waals surface area contributed by atoms with E-state index < -0.39 is 0 Å². The van der Waals surface area contributed by atoms with E-state index in [2.05, 4.69) is 57.3 Å². The largest absolute Gasteiger partial charge is 0.379 e. The monoisotopic (exact) mass is 293 g/mol. The lowest BCUT2D eigenvalue weighted by molar-refractivity contribution is 0.00905. The van der Waals surface area contributed by atoms with E-state index in [0.29, 0.717) is 19.1 Å². The van der Waals surface area contributed by atoms with Crippen molar-refractivity contribution in [2.75, 3.05) is 33.0 Å². The van der Waals surface area contributed by atoms with E-state index in [4.69, 9.17) is 9.47 Å². The highest BCUT2D eigenvalue weighted by Crippen LogP contribution is 2.14. The Morgan fingerprint density at radius 3 is 2.38 bits per heavy atom. The van der Waals surface area contributed by atoms with Crippen LogP contribution in [0.25, 0.3) is 0 Å². The second kappa shape index (κ2) is 9.93. The van der Waals surface area contributed by atoms with Crippen molar-refractivity contribution in [1.82, 2.24) is 5.32 Å². The SMILES string of the molecule is CC(C)COCCOCC(C)(C)CNCc1ccccc1. The first-order valence-electron chi connectivity index (χ1n) is 7.90. The summed E-state index contributed by atoms with van der Waals surface area (Å²) < 4.78 is 11.2. The lowest BCUT2D eigenvalue weighted by Gasteiger charge is -2.25. The van der Waals surface area contributed by atoms with E-state index >= 15 is 0 Å². The molecule has 1 aromatic carbocycles.